The van der Waals surface area contributed by atoms with E-state index in [-0.39, 0.29) is 12.6 Å². The molecule has 0 saturated heterocycles. The van der Waals surface area contributed by atoms with Gasteiger partial charge >= 0.3 is 0 Å². The van der Waals surface area contributed by atoms with Crippen LogP contribution in [0.1, 0.15) is 17.5 Å². The van der Waals surface area contributed by atoms with E-state index in [0.29, 0.717) is 0 Å². The van der Waals surface area contributed by atoms with Gasteiger partial charge in [0.25, 0.3) is 0 Å². The van der Waals surface area contributed by atoms with E-state index in [9.17, 15) is 5.11 Å². The Labute approximate surface area is 115 Å². The molecule has 0 spiro atoms. The molecule has 2 aromatic rings. The Kier molecular flexibility index (Phi) is 4.99. The second-order valence-corrected chi connectivity index (χ2v) is 4.92. The van der Waals surface area contributed by atoms with Crippen LogP contribution in [0.5, 0.6) is 0 Å². The van der Waals surface area contributed by atoms with Crippen LogP contribution >= 0.6 is 0 Å². The monoisotopic (exact) mass is 255 g/mol. The standard InChI is InChI=1S/C17H21NO/c1-14-6-5-9-16(12-14)18-17(13-19)11-10-15-7-3-2-4-8-15/h2-9,12,17-19H,10-11,13H2,1H3. The van der Waals surface area contributed by atoms with Crippen molar-refractivity contribution in [1.29, 1.82) is 0 Å². The molecular weight excluding hydrogens is 234 g/mol. The molecule has 1 unspecified atom stereocenters. The Morgan fingerprint density at radius 2 is 1.84 bits per heavy atom. The fourth-order valence-electron chi connectivity index (χ4n) is 2.17. The molecule has 0 bridgehead atoms. The third kappa shape index (κ3) is 4.42. The number of benzene rings is 2. The van der Waals surface area contributed by atoms with Crippen LogP contribution < -0.4 is 5.32 Å². The van der Waals surface area contributed by atoms with E-state index < -0.39 is 0 Å². The van der Waals surface area contributed by atoms with E-state index in [2.05, 4.69) is 48.6 Å². The predicted molar refractivity (Wildman–Crippen MR) is 80.4 cm³/mol. The van der Waals surface area contributed by atoms with Crippen molar-refractivity contribution in [2.45, 2.75) is 25.8 Å². The quantitative estimate of drug-likeness (QED) is 0.829. The lowest BCUT2D eigenvalue weighted by Gasteiger charge is -2.18. The highest BCUT2D eigenvalue weighted by molar-refractivity contribution is 5.46. The van der Waals surface area contributed by atoms with Gasteiger partial charge in [0.1, 0.15) is 0 Å². The van der Waals surface area contributed by atoms with Gasteiger partial charge in [-0.05, 0) is 43.0 Å². The maximum absolute atomic E-state index is 9.47. The Balaban J connectivity index is 1.90. The highest BCUT2D eigenvalue weighted by Gasteiger charge is 2.07. The summed E-state index contributed by atoms with van der Waals surface area (Å²) in [7, 11) is 0. The lowest BCUT2D eigenvalue weighted by atomic mass is 10.1. The maximum Gasteiger partial charge on any atom is 0.0632 e. The van der Waals surface area contributed by atoms with Crippen LogP contribution in [-0.2, 0) is 6.42 Å². The first-order chi connectivity index (χ1) is 9.28. The Morgan fingerprint density at radius 1 is 1.05 bits per heavy atom. The summed E-state index contributed by atoms with van der Waals surface area (Å²) in [5.41, 5.74) is 3.61. The molecule has 0 aliphatic heterocycles. The van der Waals surface area contributed by atoms with Gasteiger partial charge in [-0.15, -0.1) is 0 Å². The molecule has 2 aromatic carbocycles. The molecular formula is C17H21NO. The van der Waals surface area contributed by atoms with Gasteiger partial charge in [-0.25, -0.2) is 0 Å². The van der Waals surface area contributed by atoms with Crippen molar-refractivity contribution >= 4 is 5.69 Å². The van der Waals surface area contributed by atoms with Crippen molar-refractivity contribution in [2.75, 3.05) is 11.9 Å². The van der Waals surface area contributed by atoms with Gasteiger partial charge in [0.05, 0.1) is 6.61 Å². The zero-order valence-electron chi connectivity index (χ0n) is 11.3. The summed E-state index contributed by atoms with van der Waals surface area (Å²) in [6.45, 7) is 2.23. The van der Waals surface area contributed by atoms with Gasteiger partial charge in [-0.3, -0.25) is 0 Å². The van der Waals surface area contributed by atoms with Crippen LogP contribution in [-0.4, -0.2) is 17.8 Å². The summed E-state index contributed by atoms with van der Waals surface area (Å²) in [5, 5.41) is 12.9. The van der Waals surface area contributed by atoms with E-state index in [0.717, 1.165) is 18.5 Å². The zero-order valence-corrected chi connectivity index (χ0v) is 11.3. The van der Waals surface area contributed by atoms with Crippen molar-refractivity contribution in [2.24, 2.45) is 0 Å². The molecule has 0 aliphatic carbocycles. The molecule has 2 heteroatoms. The van der Waals surface area contributed by atoms with Crippen molar-refractivity contribution < 1.29 is 5.11 Å². The molecule has 1 atom stereocenters. The van der Waals surface area contributed by atoms with Gasteiger partial charge in [0, 0.05) is 11.7 Å². The largest absolute Gasteiger partial charge is 0.394 e. The van der Waals surface area contributed by atoms with E-state index in [1.54, 1.807) is 0 Å². The second-order valence-electron chi connectivity index (χ2n) is 4.92. The molecule has 100 valence electrons. The number of aliphatic hydroxyl groups excluding tert-OH is 1. The second kappa shape index (κ2) is 6.95. The van der Waals surface area contributed by atoms with Gasteiger partial charge in [0.2, 0.25) is 0 Å². The van der Waals surface area contributed by atoms with E-state index in [1.165, 1.54) is 11.1 Å². The maximum atomic E-state index is 9.47. The van der Waals surface area contributed by atoms with Crippen LogP contribution in [0.25, 0.3) is 0 Å². The zero-order chi connectivity index (χ0) is 13.5. The highest BCUT2D eigenvalue weighted by Crippen LogP contribution is 2.13. The van der Waals surface area contributed by atoms with Crippen molar-refractivity contribution in [1.82, 2.24) is 0 Å². The number of aliphatic hydroxyl groups is 1. The van der Waals surface area contributed by atoms with Crippen LogP contribution in [0.15, 0.2) is 54.6 Å². The molecule has 19 heavy (non-hydrogen) atoms. The third-order valence-electron chi connectivity index (χ3n) is 3.23. The predicted octanol–water partition coefficient (Wildman–Crippen LogP) is 3.40. The molecule has 0 aliphatic rings. The van der Waals surface area contributed by atoms with Crippen molar-refractivity contribution in [3.63, 3.8) is 0 Å². The summed E-state index contributed by atoms with van der Waals surface area (Å²) in [6.07, 6.45) is 1.90. The molecule has 0 fully saturated rings. The smallest absolute Gasteiger partial charge is 0.0632 e. The SMILES string of the molecule is Cc1cccc(NC(CO)CCc2ccccc2)c1. The summed E-state index contributed by atoms with van der Waals surface area (Å²) < 4.78 is 0. The van der Waals surface area contributed by atoms with E-state index in [1.807, 2.05) is 18.2 Å². The Hall–Kier alpha value is -1.80. The summed E-state index contributed by atoms with van der Waals surface area (Å²) in [4.78, 5) is 0. The number of aryl methyl sites for hydroxylation is 2. The summed E-state index contributed by atoms with van der Waals surface area (Å²) in [5.74, 6) is 0. The molecule has 0 aromatic heterocycles. The van der Waals surface area contributed by atoms with Crippen LogP contribution in [0, 0.1) is 6.92 Å². The lowest BCUT2D eigenvalue weighted by Crippen LogP contribution is -2.24. The van der Waals surface area contributed by atoms with Gasteiger partial charge in [-0.1, -0.05) is 42.5 Å². The number of hydrogen-bond acceptors (Lipinski definition) is 2. The average Bonchev–Trinajstić information content (AvgIpc) is 2.44. The van der Waals surface area contributed by atoms with Crippen molar-refractivity contribution in [3.8, 4) is 0 Å². The number of rotatable bonds is 6. The van der Waals surface area contributed by atoms with Crippen LogP contribution in [0.2, 0.25) is 0 Å². The topological polar surface area (TPSA) is 32.3 Å². The minimum atomic E-state index is 0.0991. The molecule has 0 heterocycles. The minimum absolute atomic E-state index is 0.0991. The van der Waals surface area contributed by atoms with Crippen molar-refractivity contribution in [3.05, 3.63) is 65.7 Å². The number of nitrogens with one attached hydrogen (secondary N) is 1. The number of anilines is 1. The molecule has 0 radical (unpaired) electrons. The summed E-state index contributed by atoms with van der Waals surface area (Å²) >= 11 is 0. The number of hydrogen-bond donors (Lipinski definition) is 2. The lowest BCUT2D eigenvalue weighted by molar-refractivity contribution is 0.269. The van der Waals surface area contributed by atoms with Crippen LogP contribution in [0.3, 0.4) is 0 Å². The molecule has 2 nitrogen and oxygen atoms in total. The molecule has 0 amide bonds. The Morgan fingerprint density at radius 3 is 2.53 bits per heavy atom. The third-order valence-corrected chi connectivity index (χ3v) is 3.23. The van der Waals surface area contributed by atoms with E-state index >= 15 is 0 Å². The average molecular weight is 255 g/mol. The normalized spacial score (nSPS) is 12.1. The summed E-state index contributed by atoms with van der Waals surface area (Å²) in [6, 6.07) is 18.7. The van der Waals surface area contributed by atoms with Gasteiger partial charge in [0.15, 0.2) is 0 Å². The first kappa shape index (κ1) is 13.6. The first-order valence-corrected chi connectivity index (χ1v) is 6.76. The fourth-order valence-corrected chi connectivity index (χ4v) is 2.17. The highest BCUT2D eigenvalue weighted by atomic mass is 16.3. The fraction of sp³-hybridized carbons (Fsp3) is 0.294. The van der Waals surface area contributed by atoms with Gasteiger partial charge < -0.3 is 10.4 Å². The van der Waals surface area contributed by atoms with E-state index in [4.69, 9.17) is 0 Å². The minimum Gasteiger partial charge on any atom is -0.394 e. The Bertz CT molecular complexity index is 496. The van der Waals surface area contributed by atoms with Gasteiger partial charge in [-0.2, -0.15) is 0 Å². The molecule has 2 N–H and O–H groups in total. The molecule has 0 saturated carbocycles. The first-order valence-electron chi connectivity index (χ1n) is 6.76. The molecule has 2 rings (SSSR count). The van der Waals surface area contributed by atoms with Crippen LogP contribution in [0.4, 0.5) is 5.69 Å².